The number of hydrogen-bond acceptors (Lipinski definition) is 5. The van der Waals surface area contributed by atoms with E-state index in [0.717, 1.165) is 0 Å². The number of nitrogens with one attached hydrogen (secondary N) is 2. The Bertz CT molecular complexity index is 1060. The SMILES string of the molecule is CCOc1ccc(NC(NC(=O)c2cc3ccccc3oc2=O)C(Cl)(Cl)Cl)cc1. The van der Waals surface area contributed by atoms with Crippen LogP contribution in [0.2, 0.25) is 0 Å². The van der Waals surface area contributed by atoms with Gasteiger partial charge >= 0.3 is 5.63 Å². The number of anilines is 1. The van der Waals surface area contributed by atoms with E-state index in [0.29, 0.717) is 29.0 Å². The van der Waals surface area contributed by atoms with E-state index in [2.05, 4.69) is 10.6 Å². The molecule has 2 N–H and O–H groups in total. The van der Waals surface area contributed by atoms with Crippen LogP contribution in [-0.2, 0) is 0 Å². The third kappa shape index (κ3) is 5.35. The van der Waals surface area contributed by atoms with Gasteiger partial charge in [0.15, 0.2) is 0 Å². The third-order valence-electron chi connectivity index (χ3n) is 3.97. The number of halogens is 3. The number of benzene rings is 2. The summed E-state index contributed by atoms with van der Waals surface area (Å²) in [6.07, 6.45) is -1.12. The first-order chi connectivity index (χ1) is 13.8. The van der Waals surface area contributed by atoms with Crippen molar-refractivity contribution >= 4 is 57.4 Å². The van der Waals surface area contributed by atoms with Gasteiger partial charge in [0, 0.05) is 11.1 Å². The second-order valence-electron chi connectivity index (χ2n) is 6.04. The molecule has 0 radical (unpaired) electrons. The van der Waals surface area contributed by atoms with Crippen LogP contribution in [0.25, 0.3) is 11.0 Å². The summed E-state index contributed by atoms with van der Waals surface area (Å²) in [5, 5.41) is 6.06. The first-order valence-corrected chi connectivity index (χ1v) is 9.81. The van der Waals surface area contributed by atoms with Gasteiger partial charge < -0.3 is 19.8 Å². The number of carbonyl (C=O) groups is 1. The molecule has 1 unspecified atom stereocenters. The standard InChI is InChI=1S/C20H17Cl3N2O4/c1-2-28-14-9-7-13(8-10-14)24-19(20(21,22)23)25-17(26)15-11-12-5-3-4-6-16(12)29-18(15)27/h3-11,19,24H,2H2,1H3,(H,25,26). The van der Waals surface area contributed by atoms with Crippen LogP contribution in [0.15, 0.2) is 63.8 Å². The summed E-state index contributed by atoms with van der Waals surface area (Å²) in [5.41, 5.74) is -0.0307. The molecule has 0 aliphatic rings. The van der Waals surface area contributed by atoms with Crippen LogP contribution < -0.4 is 21.0 Å². The van der Waals surface area contributed by atoms with Gasteiger partial charge in [-0.2, -0.15) is 0 Å². The minimum absolute atomic E-state index is 0.198. The quantitative estimate of drug-likeness (QED) is 0.319. The van der Waals surface area contributed by atoms with Crippen LogP contribution in [0.4, 0.5) is 5.69 Å². The first kappa shape index (κ1) is 21.3. The molecule has 1 amide bonds. The fraction of sp³-hybridized carbons (Fsp3) is 0.200. The van der Waals surface area contributed by atoms with Crippen LogP contribution in [-0.4, -0.2) is 22.5 Å². The van der Waals surface area contributed by atoms with Crippen molar-refractivity contribution in [3.05, 3.63) is 70.6 Å². The summed E-state index contributed by atoms with van der Waals surface area (Å²) < 4.78 is 8.67. The van der Waals surface area contributed by atoms with E-state index in [-0.39, 0.29) is 5.56 Å². The Morgan fingerprint density at radius 2 is 1.83 bits per heavy atom. The highest BCUT2D eigenvalue weighted by atomic mass is 35.6. The fourth-order valence-corrected chi connectivity index (χ4v) is 2.94. The fourth-order valence-electron chi connectivity index (χ4n) is 2.61. The van der Waals surface area contributed by atoms with Crippen molar-refractivity contribution in [2.45, 2.75) is 16.9 Å². The number of rotatable bonds is 6. The number of para-hydroxylation sites is 1. The molecule has 9 heteroatoms. The minimum atomic E-state index is -1.90. The average Bonchev–Trinajstić information content (AvgIpc) is 2.67. The Kier molecular flexibility index (Phi) is 6.57. The van der Waals surface area contributed by atoms with E-state index >= 15 is 0 Å². The zero-order valence-electron chi connectivity index (χ0n) is 15.2. The van der Waals surface area contributed by atoms with Gasteiger partial charge in [-0.3, -0.25) is 4.79 Å². The van der Waals surface area contributed by atoms with Gasteiger partial charge in [-0.25, -0.2) is 4.79 Å². The first-order valence-electron chi connectivity index (χ1n) is 8.68. The molecule has 0 saturated heterocycles. The number of fused-ring (bicyclic) bond motifs is 1. The molecule has 0 saturated carbocycles. The summed E-state index contributed by atoms with van der Waals surface area (Å²) in [7, 11) is 0. The summed E-state index contributed by atoms with van der Waals surface area (Å²) >= 11 is 18.1. The normalized spacial score (nSPS) is 12.4. The van der Waals surface area contributed by atoms with Gasteiger partial charge in [0.1, 0.15) is 23.1 Å². The summed E-state index contributed by atoms with van der Waals surface area (Å²) in [6.45, 7) is 2.41. The highest BCUT2D eigenvalue weighted by Crippen LogP contribution is 2.31. The maximum absolute atomic E-state index is 12.7. The highest BCUT2D eigenvalue weighted by molar-refractivity contribution is 6.68. The van der Waals surface area contributed by atoms with Crippen molar-refractivity contribution in [2.75, 3.05) is 11.9 Å². The van der Waals surface area contributed by atoms with Crippen molar-refractivity contribution in [3.63, 3.8) is 0 Å². The Morgan fingerprint density at radius 3 is 2.48 bits per heavy atom. The van der Waals surface area contributed by atoms with Crippen LogP contribution in [0.5, 0.6) is 5.75 Å². The summed E-state index contributed by atoms with van der Waals surface area (Å²) in [6, 6.07) is 15.2. The van der Waals surface area contributed by atoms with E-state index in [1.54, 1.807) is 48.5 Å². The average molecular weight is 456 g/mol. The molecule has 0 aliphatic carbocycles. The zero-order chi connectivity index (χ0) is 21.0. The predicted octanol–water partition coefficient (Wildman–Crippen LogP) is 4.73. The molecule has 3 rings (SSSR count). The maximum Gasteiger partial charge on any atom is 0.349 e. The number of hydrogen-bond donors (Lipinski definition) is 2. The largest absolute Gasteiger partial charge is 0.494 e. The Labute approximate surface area is 181 Å². The summed E-state index contributed by atoms with van der Waals surface area (Å²) in [5.74, 6) is -0.0550. The molecule has 0 aliphatic heterocycles. The molecule has 1 heterocycles. The van der Waals surface area contributed by atoms with E-state index in [1.165, 1.54) is 6.07 Å². The molecule has 1 aromatic heterocycles. The smallest absolute Gasteiger partial charge is 0.349 e. The molecule has 3 aromatic rings. The minimum Gasteiger partial charge on any atom is -0.494 e. The Hall–Kier alpha value is -2.41. The molecule has 2 aromatic carbocycles. The van der Waals surface area contributed by atoms with Gasteiger partial charge in [0.2, 0.25) is 3.79 Å². The van der Waals surface area contributed by atoms with Gasteiger partial charge in [-0.1, -0.05) is 53.0 Å². The molecule has 6 nitrogen and oxygen atoms in total. The molecule has 0 fully saturated rings. The highest BCUT2D eigenvalue weighted by Gasteiger charge is 2.35. The van der Waals surface area contributed by atoms with Crippen molar-refractivity contribution in [3.8, 4) is 5.75 Å². The van der Waals surface area contributed by atoms with Crippen LogP contribution in [0.1, 0.15) is 17.3 Å². The lowest BCUT2D eigenvalue weighted by Gasteiger charge is -2.27. The molecule has 0 bridgehead atoms. The Morgan fingerprint density at radius 1 is 1.14 bits per heavy atom. The second kappa shape index (κ2) is 8.95. The lowest BCUT2D eigenvalue weighted by atomic mass is 10.2. The number of amides is 1. The molecule has 0 spiro atoms. The molecular formula is C20H17Cl3N2O4. The van der Waals surface area contributed by atoms with E-state index in [4.69, 9.17) is 44.0 Å². The van der Waals surface area contributed by atoms with Gasteiger partial charge in [0.25, 0.3) is 5.91 Å². The molecule has 152 valence electrons. The van der Waals surface area contributed by atoms with E-state index in [9.17, 15) is 9.59 Å². The van der Waals surface area contributed by atoms with Crippen LogP contribution in [0, 0.1) is 0 Å². The number of carbonyl (C=O) groups excluding carboxylic acids is 1. The zero-order valence-corrected chi connectivity index (χ0v) is 17.5. The lowest BCUT2D eigenvalue weighted by molar-refractivity contribution is 0.0938. The third-order valence-corrected chi connectivity index (χ3v) is 4.62. The number of ether oxygens (including phenoxy) is 1. The monoisotopic (exact) mass is 454 g/mol. The molecular weight excluding hydrogens is 439 g/mol. The Balaban J connectivity index is 1.82. The van der Waals surface area contributed by atoms with Crippen molar-refractivity contribution in [2.24, 2.45) is 0 Å². The van der Waals surface area contributed by atoms with Gasteiger partial charge in [-0.15, -0.1) is 0 Å². The van der Waals surface area contributed by atoms with Crippen molar-refractivity contribution in [1.29, 1.82) is 0 Å². The second-order valence-corrected chi connectivity index (χ2v) is 8.40. The van der Waals surface area contributed by atoms with Crippen LogP contribution in [0.3, 0.4) is 0 Å². The van der Waals surface area contributed by atoms with E-state index < -0.39 is 21.5 Å². The van der Waals surface area contributed by atoms with Crippen molar-refractivity contribution in [1.82, 2.24) is 5.32 Å². The van der Waals surface area contributed by atoms with Crippen LogP contribution >= 0.6 is 34.8 Å². The van der Waals surface area contributed by atoms with Crippen molar-refractivity contribution < 1.29 is 13.9 Å². The van der Waals surface area contributed by atoms with Gasteiger partial charge in [-0.05, 0) is 43.3 Å². The topological polar surface area (TPSA) is 80.6 Å². The summed E-state index contributed by atoms with van der Waals surface area (Å²) in [4.78, 5) is 24.9. The van der Waals surface area contributed by atoms with Gasteiger partial charge in [0.05, 0.1) is 6.61 Å². The lowest BCUT2D eigenvalue weighted by Crippen LogP contribution is -2.49. The predicted molar refractivity (Wildman–Crippen MR) is 115 cm³/mol. The molecule has 1 atom stereocenters. The molecule has 29 heavy (non-hydrogen) atoms. The number of alkyl halides is 3. The maximum atomic E-state index is 12.7. The van der Waals surface area contributed by atoms with E-state index in [1.807, 2.05) is 6.92 Å².